The van der Waals surface area contributed by atoms with Crippen molar-refractivity contribution in [3.8, 4) is 5.75 Å². The Morgan fingerprint density at radius 1 is 1.33 bits per heavy atom. The van der Waals surface area contributed by atoms with Gasteiger partial charge in [0.05, 0.1) is 12.6 Å². The van der Waals surface area contributed by atoms with E-state index in [1.165, 1.54) is 0 Å². The minimum atomic E-state index is 0.0117. The summed E-state index contributed by atoms with van der Waals surface area (Å²) in [4.78, 5) is 15.3. The van der Waals surface area contributed by atoms with Gasteiger partial charge in [-0.05, 0) is 32.9 Å². The summed E-state index contributed by atoms with van der Waals surface area (Å²) < 4.78 is 5.27. The summed E-state index contributed by atoms with van der Waals surface area (Å²) in [5.74, 6) is 1.51. The number of methoxy groups -OCH3 is 1. The third kappa shape index (κ3) is 2.18. The molecule has 0 atom stereocenters. The van der Waals surface area contributed by atoms with Crippen LogP contribution in [0.3, 0.4) is 0 Å². The van der Waals surface area contributed by atoms with Gasteiger partial charge in [-0.2, -0.15) is 0 Å². The average Bonchev–Trinajstić information content (AvgIpc) is 2.30. The number of fused-ring (bicyclic) bond motifs is 1. The van der Waals surface area contributed by atoms with Crippen LogP contribution >= 0.6 is 0 Å². The van der Waals surface area contributed by atoms with E-state index in [0.29, 0.717) is 5.39 Å². The molecule has 1 heterocycles. The quantitative estimate of drug-likeness (QED) is 0.875. The highest BCUT2D eigenvalue weighted by Gasteiger charge is 2.08. The number of benzene rings is 1. The van der Waals surface area contributed by atoms with Gasteiger partial charge in [0.15, 0.2) is 5.43 Å². The molecule has 0 spiro atoms. The molecular weight excluding hydrogens is 228 g/mol. The van der Waals surface area contributed by atoms with E-state index in [0.717, 1.165) is 22.6 Å². The smallest absolute Gasteiger partial charge is 0.191 e. The van der Waals surface area contributed by atoms with Crippen molar-refractivity contribution in [2.24, 2.45) is 0 Å². The summed E-state index contributed by atoms with van der Waals surface area (Å²) in [6.07, 6.45) is 0. The fraction of sp³-hybridized carbons (Fsp3) is 0.357. The number of hydrogen-bond donors (Lipinski definition) is 2. The van der Waals surface area contributed by atoms with Crippen molar-refractivity contribution < 1.29 is 4.74 Å². The number of hydrogen-bond acceptors (Lipinski definition) is 3. The lowest BCUT2D eigenvalue weighted by Gasteiger charge is -2.13. The van der Waals surface area contributed by atoms with E-state index < -0.39 is 0 Å². The van der Waals surface area contributed by atoms with E-state index in [4.69, 9.17) is 4.74 Å². The van der Waals surface area contributed by atoms with Crippen LogP contribution < -0.4 is 15.5 Å². The zero-order valence-corrected chi connectivity index (χ0v) is 11.1. The zero-order valence-electron chi connectivity index (χ0n) is 11.1. The zero-order chi connectivity index (χ0) is 13.3. The van der Waals surface area contributed by atoms with Crippen molar-refractivity contribution in [3.05, 3.63) is 34.0 Å². The van der Waals surface area contributed by atoms with Crippen molar-refractivity contribution in [2.75, 3.05) is 12.4 Å². The Morgan fingerprint density at radius 2 is 2.06 bits per heavy atom. The first-order chi connectivity index (χ1) is 8.52. The van der Waals surface area contributed by atoms with Crippen molar-refractivity contribution in [1.82, 2.24) is 4.98 Å². The van der Waals surface area contributed by atoms with Gasteiger partial charge in [0, 0.05) is 23.1 Å². The summed E-state index contributed by atoms with van der Waals surface area (Å²) >= 11 is 0. The lowest BCUT2D eigenvalue weighted by atomic mass is 10.1. The highest BCUT2D eigenvalue weighted by atomic mass is 16.5. The highest BCUT2D eigenvalue weighted by molar-refractivity contribution is 5.85. The Morgan fingerprint density at radius 3 is 2.67 bits per heavy atom. The Kier molecular flexibility index (Phi) is 3.28. The molecule has 2 aromatic rings. The van der Waals surface area contributed by atoms with Gasteiger partial charge < -0.3 is 15.0 Å². The van der Waals surface area contributed by atoms with Crippen LogP contribution in [0.5, 0.6) is 5.75 Å². The first-order valence-corrected chi connectivity index (χ1v) is 6.00. The van der Waals surface area contributed by atoms with E-state index in [2.05, 4.69) is 10.3 Å². The molecule has 0 aliphatic carbocycles. The molecule has 96 valence electrons. The Hall–Kier alpha value is -1.97. The molecule has 0 fully saturated rings. The highest BCUT2D eigenvalue weighted by Crippen LogP contribution is 2.24. The molecule has 2 N–H and O–H groups in total. The van der Waals surface area contributed by atoms with Crippen LogP contribution in [-0.2, 0) is 0 Å². The summed E-state index contributed by atoms with van der Waals surface area (Å²) in [5.41, 5.74) is 1.78. The predicted molar refractivity (Wildman–Crippen MR) is 74.6 cm³/mol. The summed E-state index contributed by atoms with van der Waals surface area (Å²) in [6, 6.07) is 5.47. The maximum atomic E-state index is 12.0. The molecule has 0 radical (unpaired) electrons. The number of nitrogens with one attached hydrogen (secondary N) is 2. The number of pyridine rings is 1. The first kappa shape index (κ1) is 12.5. The predicted octanol–water partition coefficient (Wildman–Crippen LogP) is 2.67. The Bertz CT molecular complexity index is 629. The fourth-order valence-corrected chi connectivity index (χ4v) is 2.05. The third-order valence-electron chi connectivity index (χ3n) is 2.88. The van der Waals surface area contributed by atoms with E-state index in [1.54, 1.807) is 19.2 Å². The molecule has 0 saturated heterocycles. The second-order valence-corrected chi connectivity index (χ2v) is 4.66. The van der Waals surface area contributed by atoms with Crippen molar-refractivity contribution in [3.63, 3.8) is 0 Å². The minimum Gasteiger partial charge on any atom is -0.496 e. The lowest BCUT2D eigenvalue weighted by molar-refractivity contribution is 0.412. The number of H-pyrrole nitrogens is 1. The van der Waals surface area contributed by atoms with Gasteiger partial charge in [0.2, 0.25) is 0 Å². The molecule has 1 aromatic heterocycles. The summed E-state index contributed by atoms with van der Waals surface area (Å²) in [5, 5.41) is 3.89. The van der Waals surface area contributed by atoms with Crippen LogP contribution in [-0.4, -0.2) is 18.1 Å². The van der Waals surface area contributed by atoms with Crippen molar-refractivity contribution >= 4 is 16.7 Å². The molecule has 0 bridgehead atoms. The molecule has 0 amide bonds. The average molecular weight is 246 g/mol. The molecule has 0 saturated carbocycles. The Labute approximate surface area is 106 Å². The van der Waals surface area contributed by atoms with Crippen LogP contribution in [0.25, 0.3) is 10.9 Å². The van der Waals surface area contributed by atoms with E-state index in [1.807, 2.05) is 26.8 Å². The maximum absolute atomic E-state index is 12.0. The molecule has 18 heavy (non-hydrogen) atoms. The van der Waals surface area contributed by atoms with E-state index >= 15 is 0 Å². The second-order valence-electron chi connectivity index (χ2n) is 4.66. The van der Waals surface area contributed by atoms with E-state index in [-0.39, 0.29) is 11.5 Å². The molecule has 4 heteroatoms. The molecule has 4 nitrogen and oxygen atoms in total. The topological polar surface area (TPSA) is 54.1 Å². The van der Waals surface area contributed by atoms with Gasteiger partial charge in [-0.3, -0.25) is 4.79 Å². The monoisotopic (exact) mass is 246 g/mol. The van der Waals surface area contributed by atoms with Gasteiger partial charge in [-0.1, -0.05) is 0 Å². The number of aromatic nitrogens is 1. The molecule has 2 rings (SSSR count). The summed E-state index contributed by atoms with van der Waals surface area (Å²) in [6.45, 7) is 6.00. The van der Waals surface area contributed by atoms with Gasteiger partial charge in [-0.25, -0.2) is 0 Å². The van der Waals surface area contributed by atoms with Crippen LogP contribution in [0.4, 0.5) is 5.82 Å². The first-order valence-electron chi connectivity index (χ1n) is 6.00. The van der Waals surface area contributed by atoms with Gasteiger partial charge in [-0.15, -0.1) is 0 Å². The van der Waals surface area contributed by atoms with Crippen LogP contribution in [0.2, 0.25) is 0 Å². The SMILES string of the molecule is COc1ccc2c(=O)cc(NC(C)C)[nH]c2c1C. The van der Waals surface area contributed by atoms with Crippen LogP contribution in [0, 0.1) is 6.92 Å². The molecule has 1 aromatic carbocycles. The number of anilines is 1. The van der Waals surface area contributed by atoms with E-state index in [9.17, 15) is 4.79 Å². The standard InChI is InChI=1S/C14H18N2O2/c1-8(2)15-13-7-11(17)10-5-6-12(18-4)9(3)14(10)16-13/h5-8H,1-4H3,(H2,15,16,17). The molecular formula is C14H18N2O2. The largest absolute Gasteiger partial charge is 0.496 e. The second kappa shape index (κ2) is 4.72. The number of aryl methyl sites for hydroxylation is 1. The van der Waals surface area contributed by atoms with Crippen molar-refractivity contribution in [2.45, 2.75) is 26.8 Å². The van der Waals surface area contributed by atoms with Gasteiger partial charge in [0.25, 0.3) is 0 Å². The number of rotatable bonds is 3. The lowest BCUT2D eigenvalue weighted by Crippen LogP contribution is -2.14. The maximum Gasteiger partial charge on any atom is 0.191 e. The normalized spacial score (nSPS) is 10.9. The molecule has 0 unspecified atom stereocenters. The third-order valence-corrected chi connectivity index (χ3v) is 2.88. The van der Waals surface area contributed by atoms with Crippen LogP contribution in [0.15, 0.2) is 23.0 Å². The minimum absolute atomic E-state index is 0.0117. The Balaban J connectivity index is 2.68. The number of ether oxygens (including phenoxy) is 1. The van der Waals surface area contributed by atoms with Gasteiger partial charge >= 0.3 is 0 Å². The molecule has 0 aliphatic heterocycles. The summed E-state index contributed by atoms with van der Waals surface area (Å²) in [7, 11) is 1.63. The number of aromatic amines is 1. The van der Waals surface area contributed by atoms with Crippen molar-refractivity contribution in [1.29, 1.82) is 0 Å². The fourth-order valence-electron chi connectivity index (χ4n) is 2.05. The van der Waals surface area contributed by atoms with Gasteiger partial charge in [0.1, 0.15) is 11.6 Å². The molecule has 0 aliphatic rings. The van der Waals surface area contributed by atoms with Crippen LogP contribution in [0.1, 0.15) is 19.4 Å².